The molecule has 0 amide bonds. The average molecular weight is 362 g/mol. The van der Waals surface area contributed by atoms with Crippen molar-refractivity contribution in [1.82, 2.24) is 5.32 Å². The Hall–Kier alpha value is -0.933. The third kappa shape index (κ3) is 8.33. The summed E-state index contributed by atoms with van der Waals surface area (Å²) in [6, 6.07) is 10.9. The van der Waals surface area contributed by atoms with Crippen molar-refractivity contribution in [2.45, 2.75) is 91.0 Å². The van der Waals surface area contributed by atoms with Gasteiger partial charge in [-0.25, -0.2) is 0 Å². The molecule has 2 atom stereocenters. The first-order valence-corrected chi connectivity index (χ1v) is 13.7. The second-order valence-electron chi connectivity index (χ2n) is 8.33. The zero-order chi connectivity index (χ0) is 18.7. The van der Waals surface area contributed by atoms with Crippen molar-refractivity contribution in [3.63, 3.8) is 0 Å². The summed E-state index contributed by atoms with van der Waals surface area (Å²) in [5.41, 5.74) is 1.30. The summed E-state index contributed by atoms with van der Waals surface area (Å²) < 4.78 is 0. The summed E-state index contributed by atoms with van der Waals surface area (Å²) in [6.07, 6.45) is 8.22. The number of hydrogen-bond donors (Lipinski definition) is 1. The largest absolute Gasteiger partial charge is 0.309 e. The molecule has 0 bridgehead atoms. The predicted octanol–water partition coefficient (Wildman–Crippen LogP) is 5.98. The Balaban J connectivity index is 2.81. The van der Waals surface area contributed by atoms with Gasteiger partial charge in [-0.15, -0.1) is 0 Å². The minimum atomic E-state index is -1.77. The summed E-state index contributed by atoms with van der Waals surface area (Å²) in [5.74, 6) is 0.187. The molecule has 0 aliphatic rings. The van der Waals surface area contributed by atoms with E-state index in [4.69, 9.17) is 0 Å². The van der Waals surface area contributed by atoms with Crippen molar-refractivity contribution in [3.05, 3.63) is 35.9 Å². The van der Waals surface area contributed by atoms with Gasteiger partial charge in [0.2, 0.25) is 0 Å². The molecule has 3 heteroatoms. The molecule has 0 saturated heterocycles. The van der Waals surface area contributed by atoms with Crippen molar-refractivity contribution >= 4 is 13.5 Å². The molecule has 142 valence electrons. The number of hydrogen-bond acceptors (Lipinski definition) is 2. The van der Waals surface area contributed by atoms with Crippen molar-refractivity contribution in [2.75, 3.05) is 0 Å². The standard InChI is InChI=1S/C22H39NOSi/c1-6-8-9-13-17-20(22(24)25(3,4)5)21(14-7-2)23-18-19-15-11-10-12-16-19/h10-12,15-16,20-21,23H,6-9,13-14,17-18H2,1-5H3. The normalized spacial score (nSPS) is 14.3. The third-order valence-electron chi connectivity index (χ3n) is 4.94. The van der Waals surface area contributed by atoms with Crippen LogP contribution in [-0.4, -0.2) is 19.5 Å². The third-order valence-corrected chi connectivity index (χ3v) is 6.79. The summed E-state index contributed by atoms with van der Waals surface area (Å²) in [5, 5.41) is 4.29. The van der Waals surface area contributed by atoms with Crippen LogP contribution in [0, 0.1) is 5.92 Å². The summed E-state index contributed by atoms with van der Waals surface area (Å²) in [6.45, 7) is 11.9. The SMILES string of the molecule is CCCCCCC(C(=O)[Si](C)(C)C)C(CCC)NCc1ccccc1. The van der Waals surface area contributed by atoms with Crippen LogP contribution in [0.5, 0.6) is 0 Å². The molecule has 0 fully saturated rings. The molecule has 2 unspecified atom stereocenters. The fourth-order valence-corrected chi connectivity index (χ4v) is 4.92. The van der Waals surface area contributed by atoms with Gasteiger partial charge in [0.1, 0.15) is 13.5 Å². The number of carbonyl (C=O) groups is 1. The van der Waals surface area contributed by atoms with E-state index in [9.17, 15) is 4.79 Å². The van der Waals surface area contributed by atoms with Crippen LogP contribution < -0.4 is 5.32 Å². The van der Waals surface area contributed by atoms with E-state index in [1.807, 2.05) is 0 Å². The molecule has 1 aromatic carbocycles. The van der Waals surface area contributed by atoms with Crippen LogP contribution >= 0.6 is 0 Å². The van der Waals surface area contributed by atoms with Gasteiger partial charge < -0.3 is 10.1 Å². The predicted molar refractivity (Wildman–Crippen MR) is 113 cm³/mol. The van der Waals surface area contributed by atoms with Crippen LogP contribution in [0.1, 0.15) is 64.4 Å². The van der Waals surface area contributed by atoms with Gasteiger partial charge in [-0.2, -0.15) is 0 Å². The Labute approximate surface area is 156 Å². The molecule has 0 saturated carbocycles. The van der Waals surface area contributed by atoms with Gasteiger partial charge in [0.15, 0.2) is 0 Å². The zero-order valence-electron chi connectivity index (χ0n) is 17.1. The first-order chi connectivity index (χ1) is 11.9. The molecule has 0 aliphatic heterocycles. The molecule has 25 heavy (non-hydrogen) atoms. The maximum Gasteiger partial charge on any atom is 0.124 e. The van der Waals surface area contributed by atoms with E-state index in [1.54, 1.807) is 0 Å². The van der Waals surface area contributed by atoms with E-state index < -0.39 is 8.07 Å². The van der Waals surface area contributed by atoms with E-state index in [0.717, 1.165) is 25.8 Å². The highest BCUT2D eigenvalue weighted by molar-refractivity contribution is 7.03. The Bertz CT molecular complexity index is 481. The average Bonchev–Trinajstić information content (AvgIpc) is 2.59. The maximum atomic E-state index is 13.2. The molecule has 0 aromatic heterocycles. The minimum Gasteiger partial charge on any atom is -0.309 e. The molecule has 1 rings (SSSR count). The lowest BCUT2D eigenvalue weighted by Gasteiger charge is -2.31. The molecule has 0 spiro atoms. The molecule has 2 nitrogen and oxygen atoms in total. The van der Waals surface area contributed by atoms with Crippen LogP contribution in [0.3, 0.4) is 0 Å². The van der Waals surface area contributed by atoms with Gasteiger partial charge in [-0.05, 0) is 18.4 Å². The lowest BCUT2D eigenvalue weighted by molar-refractivity contribution is -0.117. The first kappa shape index (κ1) is 22.1. The lowest BCUT2D eigenvalue weighted by atomic mass is 9.91. The van der Waals surface area contributed by atoms with Crippen LogP contribution in [0.25, 0.3) is 0 Å². The molecule has 1 aromatic rings. The monoisotopic (exact) mass is 361 g/mol. The first-order valence-electron chi connectivity index (χ1n) is 10.2. The maximum absolute atomic E-state index is 13.2. The smallest absolute Gasteiger partial charge is 0.124 e. The summed E-state index contributed by atoms with van der Waals surface area (Å²) in [7, 11) is -1.77. The Kier molecular flexibility index (Phi) is 10.3. The van der Waals surface area contributed by atoms with Crippen molar-refractivity contribution in [2.24, 2.45) is 5.92 Å². The van der Waals surface area contributed by atoms with Crippen LogP contribution in [-0.2, 0) is 11.3 Å². The van der Waals surface area contributed by atoms with E-state index in [1.165, 1.54) is 31.2 Å². The Morgan fingerprint density at radius 3 is 2.20 bits per heavy atom. The number of unbranched alkanes of at least 4 members (excludes halogenated alkanes) is 3. The van der Waals surface area contributed by atoms with Crippen molar-refractivity contribution in [3.8, 4) is 0 Å². The van der Waals surface area contributed by atoms with Gasteiger partial charge >= 0.3 is 0 Å². The topological polar surface area (TPSA) is 29.1 Å². The van der Waals surface area contributed by atoms with Crippen molar-refractivity contribution in [1.29, 1.82) is 0 Å². The van der Waals surface area contributed by atoms with Gasteiger partial charge in [0, 0.05) is 18.5 Å². The number of nitrogens with one attached hydrogen (secondary N) is 1. The summed E-state index contributed by atoms with van der Waals surface area (Å²) >= 11 is 0. The quantitative estimate of drug-likeness (QED) is 0.346. The Morgan fingerprint density at radius 1 is 0.960 bits per heavy atom. The van der Waals surface area contributed by atoms with Gasteiger partial charge in [-0.3, -0.25) is 0 Å². The Morgan fingerprint density at radius 2 is 1.64 bits per heavy atom. The summed E-state index contributed by atoms with van der Waals surface area (Å²) in [4.78, 5) is 13.2. The molecule has 0 heterocycles. The lowest BCUT2D eigenvalue weighted by Crippen LogP contribution is -2.48. The molecule has 1 N–H and O–H groups in total. The number of rotatable bonds is 13. The fraction of sp³-hybridized carbons (Fsp3) is 0.682. The van der Waals surface area contributed by atoms with E-state index in [-0.39, 0.29) is 5.92 Å². The van der Waals surface area contributed by atoms with Gasteiger partial charge in [-0.1, -0.05) is 95.9 Å². The minimum absolute atomic E-state index is 0.187. The van der Waals surface area contributed by atoms with E-state index in [2.05, 4.69) is 69.1 Å². The number of benzene rings is 1. The second kappa shape index (κ2) is 11.6. The van der Waals surface area contributed by atoms with E-state index >= 15 is 0 Å². The highest BCUT2D eigenvalue weighted by atomic mass is 28.3. The highest BCUT2D eigenvalue weighted by Gasteiger charge is 2.35. The van der Waals surface area contributed by atoms with Gasteiger partial charge in [0.25, 0.3) is 0 Å². The van der Waals surface area contributed by atoms with Gasteiger partial charge in [0.05, 0.1) is 0 Å². The molecule has 0 radical (unpaired) electrons. The second-order valence-corrected chi connectivity index (χ2v) is 13.3. The van der Waals surface area contributed by atoms with Crippen LogP contribution in [0.2, 0.25) is 19.6 Å². The number of carbonyl (C=O) groups excluding carboxylic acids is 1. The van der Waals surface area contributed by atoms with Crippen LogP contribution in [0.15, 0.2) is 30.3 Å². The zero-order valence-corrected chi connectivity index (χ0v) is 18.1. The fourth-order valence-electron chi connectivity index (χ4n) is 3.46. The molecule has 0 aliphatic carbocycles. The molecular weight excluding hydrogens is 322 g/mol. The molecular formula is C22H39NOSi. The van der Waals surface area contributed by atoms with Crippen molar-refractivity contribution < 1.29 is 4.79 Å². The van der Waals surface area contributed by atoms with Crippen LogP contribution in [0.4, 0.5) is 0 Å². The highest BCUT2D eigenvalue weighted by Crippen LogP contribution is 2.24. The van der Waals surface area contributed by atoms with E-state index in [0.29, 0.717) is 11.4 Å².